The zero-order valence-corrected chi connectivity index (χ0v) is 16.4. The third kappa shape index (κ3) is 3.55. The second kappa shape index (κ2) is 7.55. The highest BCUT2D eigenvalue weighted by Crippen LogP contribution is 2.32. The van der Waals surface area contributed by atoms with Crippen molar-refractivity contribution in [3.8, 4) is 5.75 Å². The van der Waals surface area contributed by atoms with Crippen molar-refractivity contribution in [3.63, 3.8) is 0 Å². The van der Waals surface area contributed by atoms with Gasteiger partial charge < -0.3 is 19.9 Å². The Hall–Kier alpha value is -3.00. The molecule has 2 heterocycles. The first-order valence-electron chi connectivity index (χ1n) is 8.92. The fraction of sp³-hybridized carbons (Fsp3) is 0.250. The van der Waals surface area contributed by atoms with Crippen LogP contribution in [0.1, 0.15) is 13.3 Å². The molecular weight excluding hydrogens is 376 g/mol. The number of rotatable bonds is 4. The average Bonchev–Trinajstić information content (AvgIpc) is 3.03. The standard InChI is InChI=1S/C20H20N4O3S/c1-12-9-18(25)21-15-5-3-4-6-17(15)24(12)19(26)11-28-20-22-14-8-7-13(27-2)10-16(14)23-20/h3-8,10,12H,9,11H2,1-2H3,(H,21,25)(H,22,23)/t12-/m0/s1. The van der Waals surface area contributed by atoms with Crippen LogP contribution >= 0.6 is 11.8 Å². The summed E-state index contributed by atoms with van der Waals surface area (Å²) >= 11 is 1.34. The minimum atomic E-state index is -0.225. The molecule has 0 saturated carbocycles. The van der Waals surface area contributed by atoms with Gasteiger partial charge in [-0.05, 0) is 31.2 Å². The van der Waals surface area contributed by atoms with Crippen molar-refractivity contribution in [2.24, 2.45) is 0 Å². The maximum absolute atomic E-state index is 13.0. The number of nitrogens with one attached hydrogen (secondary N) is 2. The second-order valence-electron chi connectivity index (χ2n) is 6.60. The van der Waals surface area contributed by atoms with Crippen LogP contribution in [0.15, 0.2) is 47.6 Å². The highest BCUT2D eigenvalue weighted by atomic mass is 32.2. The van der Waals surface area contributed by atoms with Gasteiger partial charge in [-0.15, -0.1) is 0 Å². The summed E-state index contributed by atoms with van der Waals surface area (Å²) in [4.78, 5) is 34.5. The van der Waals surface area contributed by atoms with Gasteiger partial charge in [0.2, 0.25) is 11.8 Å². The summed E-state index contributed by atoms with van der Waals surface area (Å²) in [5.41, 5.74) is 3.06. The molecule has 2 aromatic carbocycles. The van der Waals surface area contributed by atoms with Gasteiger partial charge >= 0.3 is 0 Å². The van der Waals surface area contributed by atoms with E-state index in [9.17, 15) is 9.59 Å². The number of carbonyl (C=O) groups is 2. The van der Waals surface area contributed by atoms with Gasteiger partial charge in [0.15, 0.2) is 5.16 Å². The number of H-pyrrole nitrogens is 1. The molecule has 4 rings (SSSR count). The number of anilines is 2. The van der Waals surface area contributed by atoms with E-state index in [1.165, 1.54) is 11.8 Å². The van der Waals surface area contributed by atoms with Crippen LogP contribution in [0.4, 0.5) is 11.4 Å². The number of thioether (sulfide) groups is 1. The minimum Gasteiger partial charge on any atom is -0.497 e. The molecule has 28 heavy (non-hydrogen) atoms. The second-order valence-corrected chi connectivity index (χ2v) is 7.56. The molecule has 7 nitrogen and oxygen atoms in total. The molecule has 1 atom stereocenters. The van der Waals surface area contributed by atoms with Gasteiger partial charge in [0.25, 0.3) is 0 Å². The Labute approximate surface area is 166 Å². The number of methoxy groups -OCH3 is 1. The number of aromatic nitrogens is 2. The van der Waals surface area contributed by atoms with Gasteiger partial charge in [-0.2, -0.15) is 0 Å². The van der Waals surface area contributed by atoms with Gasteiger partial charge in [0, 0.05) is 18.5 Å². The van der Waals surface area contributed by atoms with Crippen molar-refractivity contribution in [2.45, 2.75) is 24.5 Å². The van der Waals surface area contributed by atoms with E-state index < -0.39 is 0 Å². The molecule has 0 aliphatic carbocycles. The van der Waals surface area contributed by atoms with E-state index >= 15 is 0 Å². The maximum Gasteiger partial charge on any atom is 0.237 e. The minimum absolute atomic E-state index is 0.0699. The number of fused-ring (bicyclic) bond motifs is 2. The topological polar surface area (TPSA) is 87.3 Å². The van der Waals surface area contributed by atoms with E-state index in [0.717, 1.165) is 22.5 Å². The number of imidazole rings is 1. The van der Waals surface area contributed by atoms with E-state index in [0.29, 0.717) is 10.8 Å². The van der Waals surface area contributed by atoms with Crippen LogP contribution in [0, 0.1) is 0 Å². The molecule has 144 valence electrons. The number of para-hydroxylation sites is 2. The first kappa shape index (κ1) is 18.4. The Morgan fingerprint density at radius 2 is 2.14 bits per heavy atom. The number of carbonyl (C=O) groups excluding carboxylic acids is 2. The van der Waals surface area contributed by atoms with E-state index in [1.807, 2.05) is 49.4 Å². The molecule has 0 bridgehead atoms. The van der Waals surface area contributed by atoms with E-state index in [4.69, 9.17) is 4.74 Å². The summed E-state index contributed by atoms with van der Waals surface area (Å²) in [6.07, 6.45) is 0.259. The fourth-order valence-electron chi connectivity index (χ4n) is 3.33. The van der Waals surface area contributed by atoms with Crippen LogP contribution in [-0.4, -0.2) is 40.7 Å². The first-order chi connectivity index (χ1) is 13.5. The predicted octanol–water partition coefficient (Wildman–Crippen LogP) is 3.43. The SMILES string of the molecule is COc1ccc2nc(SCC(=O)N3c4ccccc4NC(=O)C[C@@H]3C)[nH]c2c1. The Kier molecular flexibility index (Phi) is 4.95. The highest BCUT2D eigenvalue weighted by molar-refractivity contribution is 7.99. The van der Waals surface area contributed by atoms with Crippen molar-refractivity contribution >= 4 is 46.0 Å². The van der Waals surface area contributed by atoms with Crippen molar-refractivity contribution in [2.75, 3.05) is 23.1 Å². The first-order valence-corrected chi connectivity index (χ1v) is 9.91. The molecule has 0 saturated heterocycles. The lowest BCUT2D eigenvalue weighted by atomic mass is 10.2. The number of ether oxygens (including phenoxy) is 1. The number of hydrogen-bond acceptors (Lipinski definition) is 5. The summed E-state index contributed by atoms with van der Waals surface area (Å²) in [7, 11) is 1.62. The largest absolute Gasteiger partial charge is 0.497 e. The van der Waals surface area contributed by atoms with Gasteiger partial charge in [-0.1, -0.05) is 23.9 Å². The zero-order valence-electron chi connectivity index (χ0n) is 15.6. The molecule has 0 radical (unpaired) electrons. The molecule has 3 aromatic rings. The number of aromatic amines is 1. The number of nitrogens with zero attached hydrogens (tertiary/aromatic N) is 2. The van der Waals surface area contributed by atoms with Crippen molar-refractivity contribution in [1.82, 2.24) is 9.97 Å². The monoisotopic (exact) mass is 396 g/mol. The number of amides is 2. The Bertz CT molecular complexity index is 1050. The molecule has 0 unspecified atom stereocenters. The number of hydrogen-bond donors (Lipinski definition) is 2. The van der Waals surface area contributed by atoms with E-state index in [-0.39, 0.29) is 30.0 Å². The van der Waals surface area contributed by atoms with Crippen molar-refractivity contribution in [3.05, 3.63) is 42.5 Å². The normalized spacial score (nSPS) is 16.4. The lowest BCUT2D eigenvalue weighted by Crippen LogP contribution is -2.40. The molecule has 1 aliphatic rings. The quantitative estimate of drug-likeness (QED) is 0.660. The van der Waals surface area contributed by atoms with Crippen LogP contribution in [0.2, 0.25) is 0 Å². The van der Waals surface area contributed by atoms with Crippen LogP contribution in [-0.2, 0) is 9.59 Å². The van der Waals surface area contributed by atoms with Gasteiger partial charge in [0.1, 0.15) is 5.75 Å². The van der Waals surface area contributed by atoms with Crippen LogP contribution < -0.4 is 15.0 Å². The zero-order chi connectivity index (χ0) is 19.7. The van der Waals surface area contributed by atoms with Gasteiger partial charge in [-0.25, -0.2) is 4.98 Å². The average molecular weight is 396 g/mol. The molecule has 2 amide bonds. The molecule has 0 fully saturated rings. The maximum atomic E-state index is 13.0. The summed E-state index contributed by atoms with van der Waals surface area (Å²) in [6, 6.07) is 12.7. The van der Waals surface area contributed by atoms with Gasteiger partial charge in [-0.3, -0.25) is 9.59 Å². The summed E-state index contributed by atoms with van der Waals surface area (Å²) in [5.74, 6) is 0.800. The third-order valence-corrected chi connectivity index (χ3v) is 5.49. The van der Waals surface area contributed by atoms with E-state index in [2.05, 4.69) is 15.3 Å². The summed E-state index contributed by atoms with van der Waals surface area (Å²) < 4.78 is 5.23. The third-order valence-electron chi connectivity index (χ3n) is 4.63. The molecule has 1 aliphatic heterocycles. The highest BCUT2D eigenvalue weighted by Gasteiger charge is 2.29. The Balaban J connectivity index is 1.54. The van der Waals surface area contributed by atoms with Crippen molar-refractivity contribution < 1.29 is 14.3 Å². The number of benzene rings is 2. The summed E-state index contributed by atoms with van der Waals surface area (Å²) in [5, 5.41) is 3.54. The lowest BCUT2D eigenvalue weighted by Gasteiger charge is -2.27. The molecule has 2 N–H and O–H groups in total. The Morgan fingerprint density at radius 3 is 2.96 bits per heavy atom. The van der Waals surface area contributed by atoms with Crippen LogP contribution in [0.25, 0.3) is 11.0 Å². The predicted molar refractivity (Wildman–Crippen MR) is 110 cm³/mol. The Morgan fingerprint density at radius 1 is 1.32 bits per heavy atom. The fourth-order valence-corrected chi connectivity index (χ4v) is 4.07. The lowest BCUT2D eigenvalue weighted by molar-refractivity contribution is -0.117. The molecule has 1 aromatic heterocycles. The molecule has 8 heteroatoms. The van der Waals surface area contributed by atoms with E-state index in [1.54, 1.807) is 12.0 Å². The molecule has 0 spiro atoms. The molecular formula is C20H20N4O3S. The van der Waals surface area contributed by atoms with Crippen LogP contribution in [0.3, 0.4) is 0 Å². The van der Waals surface area contributed by atoms with Crippen molar-refractivity contribution in [1.29, 1.82) is 0 Å². The van der Waals surface area contributed by atoms with Gasteiger partial charge in [0.05, 0.1) is 35.3 Å². The van der Waals surface area contributed by atoms with Crippen LogP contribution in [0.5, 0.6) is 5.75 Å². The summed E-state index contributed by atoms with van der Waals surface area (Å²) in [6.45, 7) is 1.89. The smallest absolute Gasteiger partial charge is 0.237 e.